The lowest BCUT2D eigenvalue weighted by Crippen LogP contribution is -2.13. The Bertz CT molecular complexity index is 751. The van der Waals surface area contributed by atoms with Crippen molar-refractivity contribution in [3.8, 4) is 5.88 Å². The number of nitrogens with one attached hydrogen (secondary N) is 1. The van der Waals surface area contributed by atoms with Gasteiger partial charge in [-0.05, 0) is 25.1 Å². The van der Waals surface area contributed by atoms with E-state index in [9.17, 15) is 4.79 Å². The highest BCUT2D eigenvalue weighted by atomic mass is 35.5. The highest BCUT2D eigenvalue weighted by Gasteiger charge is 2.13. The van der Waals surface area contributed by atoms with Crippen LogP contribution in [0.25, 0.3) is 16.9 Å². The molecule has 0 amide bonds. The van der Waals surface area contributed by atoms with Crippen LogP contribution >= 0.6 is 11.6 Å². The monoisotopic (exact) mass is 248 g/mol. The molecule has 3 rings (SSSR count). The lowest BCUT2D eigenvalue weighted by Gasteiger charge is -2.00. The topological polar surface area (TPSA) is 50.9 Å². The van der Waals surface area contributed by atoms with Crippen LogP contribution in [-0.2, 0) is 0 Å². The molecule has 0 unspecified atom stereocenters. The number of benzene rings is 1. The summed E-state index contributed by atoms with van der Waals surface area (Å²) in [7, 11) is 0. The number of aromatic amines is 1. The maximum absolute atomic E-state index is 11.9. The summed E-state index contributed by atoms with van der Waals surface area (Å²) in [4.78, 5) is 14.6. The van der Waals surface area contributed by atoms with Gasteiger partial charge in [0, 0.05) is 6.07 Å². The fraction of sp³-hybridized carbons (Fsp3) is 0.0833. The minimum atomic E-state index is -0.262. The second-order valence-electron chi connectivity index (χ2n) is 3.79. The molecule has 17 heavy (non-hydrogen) atoms. The smallest absolute Gasteiger partial charge is 0.333 e. The first-order valence-corrected chi connectivity index (χ1v) is 5.50. The zero-order valence-electron chi connectivity index (χ0n) is 9.03. The van der Waals surface area contributed by atoms with Gasteiger partial charge in [0.1, 0.15) is 5.76 Å². The number of aromatic nitrogens is 2. The molecular weight excluding hydrogens is 240 g/mol. The van der Waals surface area contributed by atoms with Gasteiger partial charge in [-0.25, -0.2) is 9.36 Å². The van der Waals surface area contributed by atoms with Gasteiger partial charge >= 0.3 is 5.69 Å². The summed E-state index contributed by atoms with van der Waals surface area (Å²) in [5, 5.41) is 0.509. The van der Waals surface area contributed by atoms with Gasteiger partial charge in [0.15, 0.2) is 0 Å². The summed E-state index contributed by atoms with van der Waals surface area (Å²) < 4.78 is 6.89. The second kappa shape index (κ2) is 3.53. The first kappa shape index (κ1) is 10.2. The third-order valence-electron chi connectivity index (χ3n) is 2.60. The van der Waals surface area contributed by atoms with Crippen LogP contribution in [0.1, 0.15) is 5.76 Å². The normalized spacial score (nSPS) is 11.2. The van der Waals surface area contributed by atoms with Crippen molar-refractivity contribution in [2.45, 2.75) is 6.92 Å². The van der Waals surface area contributed by atoms with E-state index in [2.05, 4.69) is 4.98 Å². The summed E-state index contributed by atoms with van der Waals surface area (Å²) in [5.41, 5.74) is 1.06. The molecule has 4 nitrogen and oxygen atoms in total. The minimum Gasteiger partial charge on any atom is -0.445 e. The van der Waals surface area contributed by atoms with Gasteiger partial charge in [-0.1, -0.05) is 17.7 Å². The number of rotatable bonds is 1. The fourth-order valence-electron chi connectivity index (χ4n) is 1.87. The molecule has 0 fully saturated rings. The first-order chi connectivity index (χ1) is 8.16. The third-order valence-corrected chi connectivity index (χ3v) is 2.91. The molecule has 1 N–H and O–H groups in total. The summed E-state index contributed by atoms with van der Waals surface area (Å²) in [6, 6.07) is 8.88. The van der Waals surface area contributed by atoms with E-state index in [4.69, 9.17) is 16.0 Å². The number of nitrogens with zero attached hydrogens (tertiary/aromatic N) is 1. The van der Waals surface area contributed by atoms with Crippen molar-refractivity contribution in [2.75, 3.05) is 0 Å². The summed E-state index contributed by atoms with van der Waals surface area (Å²) >= 11 is 6.11. The molecule has 86 valence electrons. The Labute approximate surface area is 101 Å². The molecule has 2 heterocycles. The van der Waals surface area contributed by atoms with Crippen LogP contribution in [0.15, 0.2) is 39.5 Å². The van der Waals surface area contributed by atoms with Gasteiger partial charge in [0.05, 0.1) is 16.1 Å². The summed E-state index contributed by atoms with van der Waals surface area (Å²) in [5.74, 6) is 1.21. The number of imidazole rings is 1. The maximum Gasteiger partial charge on any atom is 0.333 e. The Morgan fingerprint density at radius 1 is 1.29 bits per heavy atom. The molecule has 2 aromatic heterocycles. The van der Waals surface area contributed by atoms with Gasteiger partial charge in [0.2, 0.25) is 5.88 Å². The van der Waals surface area contributed by atoms with Crippen molar-refractivity contribution in [1.82, 2.24) is 9.55 Å². The number of furan rings is 1. The number of halogens is 1. The number of H-pyrrole nitrogens is 1. The van der Waals surface area contributed by atoms with Gasteiger partial charge < -0.3 is 9.40 Å². The molecule has 0 bridgehead atoms. The van der Waals surface area contributed by atoms with E-state index in [1.165, 1.54) is 4.57 Å². The lowest BCUT2D eigenvalue weighted by atomic mass is 10.3. The van der Waals surface area contributed by atoms with Gasteiger partial charge in [-0.15, -0.1) is 0 Å². The van der Waals surface area contributed by atoms with Crippen LogP contribution in [0.2, 0.25) is 5.02 Å². The number of hydrogen-bond acceptors (Lipinski definition) is 2. The van der Waals surface area contributed by atoms with Crippen LogP contribution in [-0.4, -0.2) is 9.55 Å². The quantitative estimate of drug-likeness (QED) is 0.720. The molecule has 5 heteroatoms. The predicted molar refractivity (Wildman–Crippen MR) is 65.9 cm³/mol. The molecule has 0 saturated carbocycles. The Morgan fingerprint density at radius 2 is 2.12 bits per heavy atom. The molecule has 0 saturated heterocycles. The van der Waals surface area contributed by atoms with E-state index in [-0.39, 0.29) is 5.69 Å². The Kier molecular flexibility index (Phi) is 2.12. The SMILES string of the molecule is Cc1ccc(-n2c(=O)[nH]c3cccc(Cl)c32)o1. The standard InChI is InChI=1S/C12H9ClN2O2/c1-7-5-6-10(17-7)15-11-8(13)3-2-4-9(11)14-12(15)16/h2-6H,1H3,(H,14,16). The molecule has 3 aromatic rings. The van der Waals surface area contributed by atoms with Crippen molar-refractivity contribution in [2.24, 2.45) is 0 Å². The summed E-state index contributed by atoms with van der Waals surface area (Å²) in [6.07, 6.45) is 0. The Hall–Kier alpha value is -1.94. The number of fused-ring (bicyclic) bond motifs is 1. The van der Waals surface area contributed by atoms with Gasteiger partial charge in [-0.2, -0.15) is 0 Å². The Morgan fingerprint density at radius 3 is 2.82 bits per heavy atom. The lowest BCUT2D eigenvalue weighted by molar-refractivity contribution is 0.510. The summed E-state index contributed by atoms with van der Waals surface area (Å²) in [6.45, 7) is 1.82. The van der Waals surface area contributed by atoms with E-state index in [0.717, 1.165) is 5.76 Å². The average Bonchev–Trinajstić information content (AvgIpc) is 2.82. The van der Waals surface area contributed by atoms with E-state index < -0.39 is 0 Å². The van der Waals surface area contributed by atoms with Gasteiger partial charge in [0.25, 0.3) is 0 Å². The largest absolute Gasteiger partial charge is 0.445 e. The van der Waals surface area contributed by atoms with Crippen LogP contribution in [0.5, 0.6) is 0 Å². The second-order valence-corrected chi connectivity index (χ2v) is 4.19. The molecule has 0 aliphatic rings. The fourth-order valence-corrected chi connectivity index (χ4v) is 2.13. The van der Waals surface area contributed by atoms with Crippen LogP contribution in [0.3, 0.4) is 0 Å². The van der Waals surface area contributed by atoms with Crippen molar-refractivity contribution in [1.29, 1.82) is 0 Å². The zero-order chi connectivity index (χ0) is 12.0. The molecular formula is C12H9ClN2O2. The van der Waals surface area contributed by atoms with E-state index in [1.54, 1.807) is 30.3 Å². The predicted octanol–water partition coefficient (Wildman–Crippen LogP) is 2.87. The van der Waals surface area contributed by atoms with Crippen molar-refractivity contribution in [3.63, 3.8) is 0 Å². The van der Waals surface area contributed by atoms with E-state index in [0.29, 0.717) is 21.9 Å². The number of para-hydroxylation sites is 1. The van der Waals surface area contributed by atoms with Crippen LogP contribution in [0, 0.1) is 6.92 Å². The number of hydrogen-bond donors (Lipinski definition) is 1. The zero-order valence-corrected chi connectivity index (χ0v) is 9.78. The molecule has 0 spiro atoms. The Balaban J connectivity index is 2.43. The third kappa shape index (κ3) is 1.49. The number of aryl methyl sites for hydroxylation is 1. The highest BCUT2D eigenvalue weighted by Crippen LogP contribution is 2.24. The van der Waals surface area contributed by atoms with Crippen molar-refractivity contribution >= 4 is 22.6 Å². The van der Waals surface area contributed by atoms with Gasteiger partial charge in [-0.3, -0.25) is 0 Å². The van der Waals surface area contributed by atoms with E-state index in [1.807, 2.05) is 6.92 Å². The molecule has 0 aliphatic carbocycles. The van der Waals surface area contributed by atoms with Crippen molar-refractivity contribution < 1.29 is 4.42 Å². The van der Waals surface area contributed by atoms with Crippen LogP contribution in [0.4, 0.5) is 0 Å². The molecule has 0 atom stereocenters. The highest BCUT2D eigenvalue weighted by molar-refractivity contribution is 6.35. The first-order valence-electron chi connectivity index (χ1n) is 5.13. The van der Waals surface area contributed by atoms with Crippen LogP contribution < -0.4 is 5.69 Å². The molecule has 0 aliphatic heterocycles. The van der Waals surface area contributed by atoms with E-state index >= 15 is 0 Å². The van der Waals surface area contributed by atoms with Crippen molar-refractivity contribution in [3.05, 3.63) is 51.6 Å². The molecule has 0 radical (unpaired) electrons. The maximum atomic E-state index is 11.9. The minimum absolute atomic E-state index is 0.262. The average molecular weight is 249 g/mol. The molecule has 1 aromatic carbocycles.